The second-order valence-electron chi connectivity index (χ2n) is 2.47. The summed E-state index contributed by atoms with van der Waals surface area (Å²) in [6.07, 6.45) is 3.30. The maximum atomic E-state index is 11.1. The number of Topliss-reactive ketones (excluding diaryl/α,β-unsaturated/α-hetero) is 1. The van der Waals surface area contributed by atoms with E-state index in [1.807, 2.05) is 0 Å². The first-order valence-electron chi connectivity index (χ1n) is 3.67. The van der Waals surface area contributed by atoms with E-state index in [-0.39, 0.29) is 12.4 Å². The van der Waals surface area contributed by atoms with Crippen molar-refractivity contribution in [2.45, 2.75) is 12.8 Å². The van der Waals surface area contributed by atoms with Crippen LogP contribution in [0.1, 0.15) is 12.8 Å². The molecule has 0 N–H and O–H groups in total. The first-order valence-corrected chi connectivity index (χ1v) is 3.67. The normalized spacial score (nSPS) is 17.0. The van der Waals surface area contributed by atoms with E-state index in [1.165, 1.54) is 7.11 Å². The van der Waals surface area contributed by atoms with Crippen molar-refractivity contribution in [1.29, 1.82) is 0 Å². The van der Waals surface area contributed by atoms with Crippen molar-refractivity contribution in [2.24, 2.45) is 0 Å². The predicted molar refractivity (Wildman–Crippen MR) is 40.2 cm³/mol. The van der Waals surface area contributed by atoms with Gasteiger partial charge in [0.25, 0.3) is 0 Å². The number of hydrogen-bond donors (Lipinski definition) is 0. The predicted octanol–water partition coefficient (Wildman–Crippen LogP) is 0.896. The molecule has 0 spiro atoms. The van der Waals surface area contributed by atoms with Gasteiger partial charge in [-0.2, -0.15) is 0 Å². The topological polar surface area (TPSA) is 35.5 Å². The molecule has 0 aromatic heterocycles. The molecule has 0 amide bonds. The number of carbonyl (C=O) groups excluding carboxylic acids is 1. The molecule has 3 nitrogen and oxygen atoms in total. The zero-order chi connectivity index (χ0) is 8.10. The van der Waals surface area contributed by atoms with Gasteiger partial charge in [-0.05, 0) is 12.8 Å². The lowest BCUT2D eigenvalue weighted by Crippen LogP contribution is -2.13. The lowest BCUT2D eigenvalue weighted by atomic mass is 10.1. The fourth-order valence-corrected chi connectivity index (χ4v) is 0.993. The Morgan fingerprint density at radius 1 is 1.82 bits per heavy atom. The first-order chi connectivity index (χ1) is 5.34. The van der Waals surface area contributed by atoms with Crippen LogP contribution in [0.3, 0.4) is 0 Å². The Kier molecular flexibility index (Phi) is 3.11. The highest BCUT2D eigenvalue weighted by Gasteiger charge is 2.12. The Balaban J connectivity index is 2.44. The molecule has 0 aromatic carbocycles. The van der Waals surface area contributed by atoms with Crippen LogP contribution in [0.5, 0.6) is 0 Å². The van der Waals surface area contributed by atoms with Gasteiger partial charge in [0.05, 0.1) is 12.9 Å². The van der Waals surface area contributed by atoms with Crippen LogP contribution in [0.25, 0.3) is 0 Å². The van der Waals surface area contributed by atoms with Crippen LogP contribution in [0, 0.1) is 0 Å². The monoisotopic (exact) mass is 156 g/mol. The number of carbonyl (C=O) groups is 1. The van der Waals surface area contributed by atoms with Gasteiger partial charge in [-0.1, -0.05) is 0 Å². The Hall–Kier alpha value is -0.830. The summed E-state index contributed by atoms with van der Waals surface area (Å²) in [5.41, 5.74) is 0.748. The maximum absolute atomic E-state index is 11.1. The van der Waals surface area contributed by atoms with Gasteiger partial charge in [0, 0.05) is 12.7 Å². The molecule has 1 heterocycles. The smallest absolute Gasteiger partial charge is 0.187 e. The molecule has 11 heavy (non-hydrogen) atoms. The van der Waals surface area contributed by atoms with Crippen molar-refractivity contribution in [2.75, 3.05) is 20.3 Å². The van der Waals surface area contributed by atoms with Crippen molar-refractivity contribution in [3.05, 3.63) is 11.8 Å². The molecule has 0 unspecified atom stereocenters. The molecule has 0 saturated heterocycles. The zero-order valence-corrected chi connectivity index (χ0v) is 6.63. The van der Waals surface area contributed by atoms with Crippen LogP contribution in [0.15, 0.2) is 11.8 Å². The van der Waals surface area contributed by atoms with Crippen molar-refractivity contribution < 1.29 is 14.3 Å². The largest absolute Gasteiger partial charge is 0.501 e. The van der Waals surface area contributed by atoms with E-state index in [9.17, 15) is 4.79 Å². The molecule has 1 rings (SSSR count). The van der Waals surface area contributed by atoms with Gasteiger partial charge < -0.3 is 9.47 Å². The van der Waals surface area contributed by atoms with Gasteiger partial charge in [-0.25, -0.2) is 0 Å². The van der Waals surface area contributed by atoms with E-state index in [4.69, 9.17) is 9.47 Å². The number of rotatable bonds is 3. The summed E-state index contributed by atoms with van der Waals surface area (Å²) in [6.45, 7) is 0.888. The Morgan fingerprint density at radius 3 is 3.18 bits per heavy atom. The van der Waals surface area contributed by atoms with Gasteiger partial charge in [0.2, 0.25) is 0 Å². The van der Waals surface area contributed by atoms with E-state index < -0.39 is 0 Å². The van der Waals surface area contributed by atoms with Crippen LogP contribution in [0.4, 0.5) is 0 Å². The molecule has 0 saturated carbocycles. The SMILES string of the molecule is COCC(=O)C1=COCCC1. The third kappa shape index (κ3) is 2.35. The molecule has 0 atom stereocenters. The van der Waals surface area contributed by atoms with E-state index >= 15 is 0 Å². The summed E-state index contributed by atoms with van der Waals surface area (Å²) < 4.78 is 9.72. The van der Waals surface area contributed by atoms with Crippen LogP contribution in [0.2, 0.25) is 0 Å². The average Bonchev–Trinajstić information content (AvgIpc) is 2.07. The van der Waals surface area contributed by atoms with Crippen LogP contribution >= 0.6 is 0 Å². The van der Waals surface area contributed by atoms with E-state index in [1.54, 1.807) is 6.26 Å². The van der Waals surface area contributed by atoms with Gasteiger partial charge in [0.1, 0.15) is 6.61 Å². The fraction of sp³-hybridized carbons (Fsp3) is 0.625. The summed E-state index contributed by atoms with van der Waals surface area (Å²) in [6, 6.07) is 0. The molecule has 62 valence electrons. The molecule has 0 aromatic rings. The van der Waals surface area contributed by atoms with E-state index in [0.29, 0.717) is 0 Å². The summed E-state index contributed by atoms with van der Waals surface area (Å²) in [4.78, 5) is 11.1. The van der Waals surface area contributed by atoms with Crippen molar-refractivity contribution in [3.8, 4) is 0 Å². The summed E-state index contributed by atoms with van der Waals surface area (Å²) in [7, 11) is 1.52. The molecule has 1 aliphatic rings. The molecule has 0 radical (unpaired) electrons. The highest BCUT2D eigenvalue weighted by molar-refractivity contribution is 5.96. The summed E-state index contributed by atoms with van der Waals surface area (Å²) in [5, 5.41) is 0. The van der Waals surface area contributed by atoms with Gasteiger partial charge in [0.15, 0.2) is 5.78 Å². The molecule has 0 bridgehead atoms. The molecule has 0 aliphatic carbocycles. The molecule has 3 heteroatoms. The van der Waals surface area contributed by atoms with Crippen molar-refractivity contribution in [3.63, 3.8) is 0 Å². The third-order valence-corrected chi connectivity index (χ3v) is 1.57. The minimum atomic E-state index is 0.0344. The van der Waals surface area contributed by atoms with Crippen LogP contribution < -0.4 is 0 Å². The lowest BCUT2D eigenvalue weighted by molar-refractivity contribution is -0.119. The van der Waals surface area contributed by atoms with E-state index in [0.717, 1.165) is 25.0 Å². The number of ether oxygens (including phenoxy) is 2. The second kappa shape index (κ2) is 4.13. The van der Waals surface area contributed by atoms with Gasteiger partial charge >= 0.3 is 0 Å². The molecule has 1 aliphatic heterocycles. The Morgan fingerprint density at radius 2 is 2.64 bits per heavy atom. The third-order valence-electron chi connectivity index (χ3n) is 1.57. The fourth-order valence-electron chi connectivity index (χ4n) is 0.993. The highest BCUT2D eigenvalue weighted by Crippen LogP contribution is 2.12. The lowest BCUT2D eigenvalue weighted by Gasteiger charge is -2.11. The standard InChI is InChI=1S/C8H12O3/c1-10-6-8(9)7-3-2-4-11-5-7/h5H,2-4,6H2,1H3. The average molecular weight is 156 g/mol. The minimum absolute atomic E-state index is 0.0344. The molecular weight excluding hydrogens is 144 g/mol. The Labute approximate surface area is 66.0 Å². The highest BCUT2D eigenvalue weighted by atomic mass is 16.5. The number of hydrogen-bond acceptors (Lipinski definition) is 3. The number of methoxy groups -OCH3 is 1. The molecular formula is C8H12O3. The van der Waals surface area contributed by atoms with Crippen molar-refractivity contribution >= 4 is 5.78 Å². The quantitative estimate of drug-likeness (QED) is 0.609. The summed E-state index contributed by atoms with van der Waals surface area (Å²) in [5.74, 6) is 0.0344. The second-order valence-corrected chi connectivity index (χ2v) is 2.47. The molecule has 0 fully saturated rings. The van der Waals surface area contributed by atoms with Crippen molar-refractivity contribution in [1.82, 2.24) is 0 Å². The van der Waals surface area contributed by atoms with Crippen LogP contribution in [-0.4, -0.2) is 26.1 Å². The minimum Gasteiger partial charge on any atom is -0.501 e. The summed E-state index contributed by atoms with van der Waals surface area (Å²) >= 11 is 0. The number of ketones is 1. The zero-order valence-electron chi connectivity index (χ0n) is 6.63. The van der Waals surface area contributed by atoms with Crippen LogP contribution in [-0.2, 0) is 14.3 Å². The van der Waals surface area contributed by atoms with Gasteiger partial charge in [-0.15, -0.1) is 0 Å². The van der Waals surface area contributed by atoms with E-state index in [2.05, 4.69) is 0 Å². The Bertz CT molecular complexity index is 172. The first kappa shape index (κ1) is 8.27. The van der Waals surface area contributed by atoms with Gasteiger partial charge in [-0.3, -0.25) is 4.79 Å². The maximum Gasteiger partial charge on any atom is 0.187 e.